The van der Waals surface area contributed by atoms with E-state index in [1.165, 1.54) is 19.2 Å². The predicted octanol–water partition coefficient (Wildman–Crippen LogP) is -1.09. The maximum atomic E-state index is 12.1. The second-order valence-corrected chi connectivity index (χ2v) is 14.8. The van der Waals surface area contributed by atoms with Gasteiger partial charge in [0.2, 0.25) is 0 Å². The molecule has 4 rings (SSSR count). The molecule has 242 valence electrons. The summed E-state index contributed by atoms with van der Waals surface area (Å²) in [5, 5.41) is 10.3. The molecule has 3 aromatic rings. The fourth-order valence-electron chi connectivity index (χ4n) is 3.77. The lowest BCUT2D eigenvalue weighted by Crippen LogP contribution is -2.29. The molecular weight excluding hydrogens is 682 g/mol. The maximum Gasteiger partial charge on any atom is 0.351 e. The molecule has 1 aliphatic rings. The van der Waals surface area contributed by atoms with Crippen molar-refractivity contribution in [3.8, 4) is 5.75 Å². The summed E-state index contributed by atoms with van der Waals surface area (Å²) in [5.74, 6) is -0.655. The van der Waals surface area contributed by atoms with Crippen LogP contribution in [0.2, 0.25) is 0 Å². The molecule has 0 aliphatic carbocycles. The largest absolute Gasteiger partial charge is 0.756 e. The Hall–Kier alpha value is -2.57. The predicted molar refractivity (Wildman–Crippen MR) is 135 cm³/mol. The van der Waals surface area contributed by atoms with E-state index >= 15 is 0 Å². The van der Waals surface area contributed by atoms with E-state index in [-0.39, 0.29) is 23.2 Å². The molecule has 0 spiro atoms. The highest BCUT2D eigenvalue weighted by atomic mass is 31.3. The van der Waals surface area contributed by atoms with Crippen molar-refractivity contribution in [1.29, 1.82) is 0 Å². The first-order chi connectivity index (χ1) is 20.2. The second-order valence-electron chi connectivity index (χ2n) is 8.80. The summed E-state index contributed by atoms with van der Waals surface area (Å²) in [5.41, 5.74) is 4.19. The fourth-order valence-corrected chi connectivity index (χ4v) is 8.51. The Labute approximate surface area is 244 Å². The molecule has 3 N–H and O–H groups in total. The van der Waals surface area contributed by atoms with Crippen LogP contribution < -0.4 is 41.1 Å². The van der Waals surface area contributed by atoms with Gasteiger partial charge in [-0.1, -0.05) is 0 Å². The van der Waals surface area contributed by atoms with Crippen molar-refractivity contribution in [2.45, 2.75) is 31.8 Å². The summed E-state index contributed by atoms with van der Waals surface area (Å²) < 4.78 is 78.8. The van der Waals surface area contributed by atoms with E-state index in [9.17, 15) is 52.5 Å². The van der Waals surface area contributed by atoms with Gasteiger partial charge in [0.15, 0.2) is 0 Å². The zero-order chi connectivity index (χ0) is 32.7. The first-order valence-electron chi connectivity index (χ1n) is 11.7. The quantitative estimate of drug-likeness (QED) is 0.167. The number of phosphoric acid groups is 4. The smallest absolute Gasteiger partial charge is 0.351 e. The molecule has 0 amide bonds. The summed E-state index contributed by atoms with van der Waals surface area (Å²) in [6.45, 7) is 0.390. The fraction of sp³-hybridized carbons (Fsp3) is 0.316. The Morgan fingerprint density at radius 1 is 1.00 bits per heavy atom. The first kappa shape index (κ1) is 34.3. The Kier molecular flexibility index (Phi) is 9.88. The van der Waals surface area contributed by atoms with Crippen LogP contribution in [0.3, 0.4) is 0 Å². The molecule has 44 heavy (non-hydrogen) atoms. The average Bonchev–Trinajstić information content (AvgIpc) is 3.20. The number of benzene rings is 1. The summed E-state index contributed by atoms with van der Waals surface area (Å²) >= 11 is 0. The summed E-state index contributed by atoms with van der Waals surface area (Å²) in [6.07, 6.45) is -3.11. The van der Waals surface area contributed by atoms with Crippen molar-refractivity contribution in [2.24, 2.45) is 0 Å². The van der Waals surface area contributed by atoms with E-state index in [4.69, 9.17) is 14.9 Å². The SMILES string of the molecule is Cc1cc(=O)oc2ccc(OP(=O)([O-])OP(=O)([O-])OP(=O)([O-])OP(=O)([O-])OC[C@H]3OC(n4ccc(N)nc4=O)CC3O)cc12. The van der Waals surface area contributed by atoms with Gasteiger partial charge in [0, 0.05) is 24.1 Å². The van der Waals surface area contributed by atoms with Gasteiger partial charge in [-0.25, -0.2) is 22.5 Å². The number of fused-ring (bicyclic) bond motifs is 1. The molecule has 7 atom stereocenters. The second kappa shape index (κ2) is 12.7. The molecule has 0 bridgehead atoms. The highest BCUT2D eigenvalue weighted by molar-refractivity contribution is 7.68. The molecule has 1 fully saturated rings. The van der Waals surface area contributed by atoms with Crippen molar-refractivity contribution < 1.29 is 74.1 Å². The molecule has 1 aliphatic heterocycles. The molecule has 0 radical (unpaired) electrons. The van der Waals surface area contributed by atoms with Crippen molar-refractivity contribution in [1.82, 2.24) is 9.55 Å². The number of rotatable bonds is 12. The third-order valence-corrected chi connectivity index (χ3v) is 11.2. The molecule has 3 heterocycles. The van der Waals surface area contributed by atoms with E-state index in [1.54, 1.807) is 0 Å². The molecule has 1 saturated heterocycles. The zero-order valence-corrected chi connectivity index (χ0v) is 25.3. The van der Waals surface area contributed by atoms with Crippen LogP contribution in [0, 0.1) is 6.92 Å². The average molecular weight is 701 g/mol. The number of nitrogens with two attached hydrogens (primary N) is 1. The molecule has 6 unspecified atom stereocenters. The van der Waals surface area contributed by atoms with Crippen molar-refractivity contribution in [3.05, 3.63) is 63.0 Å². The van der Waals surface area contributed by atoms with Gasteiger partial charge in [-0.2, -0.15) is 4.98 Å². The third kappa shape index (κ3) is 9.00. The number of aromatic nitrogens is 2. The minimum absolute atomic E-state index is 0.0268. The topological polar surface area (TPSA) is 327 Å². The van der Waals surface area contributed by atoms with Gasteiger partial charge in [0.1, 0.15) is 29.5 Å². The minimum Gasteiger partial charge on any atom is -0.756 e. The van der Waals surface area contributed by atoms with Crippen LogP contribution in [0.5, 0.6) is 5.75 Å². The van der Waals surface area contributed by atoms with Crippen LogP contribution in [0.25, 0.3) is 11.0 Å². The molecule has 1 aromatic carbocycles. The van der Waals surface area contributed by atoms with E-state index in [0.717, 1.165) is 28.8 Å². The molecule has 21 nitrogen and oxygen atoms in total. The number of anilines is 1. The lowest BCUT2D eigenvalue weighted by atomic mass is 10.1. The lowest BCUT2D eigenvalue weighted by molar-refractivity contribution is -0.253. The number of hydrogen-bond donors (Lipinski definition) is 2. The van der Waals surface area contributed by atoms with Crippen LogP contribution in [-0.2, 0) is 40.5 Å². The van der Waals surface area contributed by atoms with Crippen LogP contribution in [0.4, 0.5) is 5.82 Å². The standard InChI is InChI=1S/C19H23N3O18P4/c1-10-6-18(24)36-14-3-2-11(7-12(10)14)37-42(28,29)39-44(32,33)40-43(30,31)38-41(26,27)34-9-15-13(23)8-17(35-15)22-5-4-16(20)21-19(22)25/h2-7,13,15,17,23H,8-9H2,1H3,(H,26,27)(H,28,29)(H,30,31)(H,32,33)(H2,20,21,25)/p-4/t13?,15-,17?/m1/s1. The number of aliphatic hydroxyl groups is 1. The Bertz CT molecular complexity index is 1880. The highest BCUT2D eigenvalue weighted by Crippen LogP contribution is 2.66. The van der Waals surface area contributed by atoms with Crippen LogP contribution >= 0.6 is 31.3 Å². The van der Waals surface area contributed by atoms with Gasteiger partial charge in [-0.3, -0.25) is 22.8 Å². The summed E-state index contributed by atoms with van der Waals surface area (Å²) in [4.78, 5) is 74.9. The molecule has 0 saturated carbocycles. The van der Waals surface area contributed by atoms with Crippen molar-refractivity contribution in [2.75, 3.05) is 12.3 Å². The number of nitrogen functional groups attached to an aromatic ring is 1. The van der Waals surface area contributed by atoms with Crippen molar-refractivity contribution in [3.63, 3.8) is 0 Å². The highest BCUT2D eigenvalue weighted by Gasteiger charge is 2.37. The van der Waals surface area contributed by atoms with Gasteiger partial charge in [0.05, 0.1) is 12.7 Å². The number of aryl methyl sites for hydroxylation is 1. The summed E-state index contributed by atoms with van der Waals surface area (Å²) in [7, 11) is -24.9. The number of aliphatic hydroxyl groups excluding tert-OH is 1. The molecular formula is C19H19N3O18P4-4. The van der Waals surface area contributed by atoms with Gasteiger partial charge >= 0.3 is 19.1 Å². The minimum atomic E-state index is -6.47. The summed E-state index contributed by atoms with van der Waals surface area (Å²) in [6, 6.07) is 5.41. The lowest BCUT2D eigenvalue weighted by Gasteiger charge is -2.36. The number of nitrogens with zero attached hydrogens (tertiary/aromatic N) is 2. The van der Waals surface area contributed by atoms with Gasteiger partial charge in [-0.05, 0) is 36.8 Å². The van der Waals surface area contributed by atoms with Crippen molar-refractivity contribution >= 4 is 48.1 Å². The van der Waals surface area contributed by atoms with E-state index < -0.39 is 73.4 Å². The first-order valence-corrected chi connectivity index (χ1v) is 17.5. The zero-order valence-electron chi connectivity index (χ0n) is 21.8. The van der Waals surface area contributed by atoms with E-state index in [2.05, 4.69) is 27.0 Å². The van der Waals surface area contributed by atoms with Gasteiger partial charge < -0.3 is 48.6 Å². The Morgan fingerprint density at radius 3 is 2.30 bits per heavy atom. The van der Waals surface area contributed by atoms with E-state index in [1.807, 2.05) is 0 Å². The molecule has 2 aromatic heterocycles. The van der Waals surface area contributed by atoms with Crippen LogP contribution in [0.1, 0.15) is 18.2 Å². The normalized spacial score (nSPS) is 24.2. The maximum absolute atomic E-state index is 12.1. The van der Waals surface area contributed by atoms with Gasteiger partial charge in [0.25, 0.3) is 23.5 Å². The van der Waals surface area contributed by atoms with Crippen LogP contribution in [-0.4, -0.2) is 33.5 Å². The van der Waals surface area contributed by atoms with Crippen LogP contribution in [0.15, 0.2) is 50.5 Å². The third-order valence-electron chi connectivity index (χ3n) is 5.50. The molecule has 25 heteroatoms. The van der Waals surface area contributed by atoms with E-state index in [0.29, 0.717) is 5.56 Å². The Morgan fingerprint density at radius 2 is 1.64 bits per heavy atom. The number of ether oxygens (including phenoxy) is 1. The van der Waals surface area contributed by atoms with Gasteiger partial charge in [-0.15, -0.1) is 0 Å². The monoisotopic (exact) mass is 701 g/mol. The number of phosphoric ester groups is 2. The number of hydrogen-bond acceptors (Lipinski definition) is 20. The Balaban J connectivity index is 1.34.